The van der Waals surface area contributed by atoms with E-state index in [2.05, 4.69) is 4.74 Å². The summed E-state index contributed by atoms with van der Waals surface area (Å²) >= 11 is 0. The molecule has 0 saturated carbocycles. The van der Waals surface area contributed by atoms with Gasteiger partial charge in [-0.1, -0.05) is 12.1 Å². The molecule has 2 rings (SSSR count). The first-order valence-corrected chi connectivity index (χ1v) is 6.34. The van der Waals surface area contributed by atoms with Crippen LogP contribution >= 0.6 is 0 Å². The minimum absolute atomic E-state index is 0.148. The van der Waals surface area contributed by atoms with Gasteiger partial charge < -0.3 is 15.4 Å². The summed E-state index contributed by atoms with van der Waals surface area (Å²) < 4.78 is 4.60. The molecule has 0 aromatic heterocycles. The highest BCUT2D eigenvalue weighted by molar-refractivity contribution is 5.95. The van der Waals surface area contributed by atoms with Crippen LogP contribution in [0.3, 0.4) is 0 Å². The first-order chi connectivity index (χ1) is 9.11. The molecule has 0 spiro atoms. The average molecular weight is 262 g/mol. The highest BCUT2D eigenvalue weighted by Gasteiger charge is 2.22. The molecule has 1 aromatic rings. The molecular formula is C14H18N2O3. The van der Waals surface area contributed by atoms with Gasteiger partial charge in [-0.15, -0.1) is 0 Å². The third kappa shape index (κ3) is 3.12. The Labute approximate surface area is 112 Å². The van der Waals surface area contributed by atoms with Crippen LogP contribution in [0.2, 0.25) is 0 Å². The van der Waals surface area contributed by atoms with E-state index in [0.717, 1.165) is 24.2 Å². The van der Waals surface area contributed by atoms with Crippen LogP contribution in [0.25, 0.3) is 0 Å². The molecule has 0 radical (unpaired) electrons. The lowest BCUT2D eigenvalue weighted by Crippen LogP contribution is -2.33. The van der Waals surface area contributed by atoms with Gasteiger partial charge in [0.15, 0.2) is 0 Å². The van der Waals surface area contributed by atoms with Gasteiger partial charge in [0.2, 0.25) is 5.91 Å². The molecule has 5 nitrogen and oxygen atoms in total. The van der Waals surface area contributed by atoms with Gasteiger partial charge in [0.1, 0.15) is 6.04 Å². The molecule has 1 saturated heterocycles. The number of benzene rings is 1. The van der Waals surface area contributed by atoms with Crippen molar-refractivity contribution in [3.05, 3.63) is 29.8 Å². The second kappa shape index (κ2) is 5.84. The number of nitrogens with zero attached hydrogens (tertiary/aromatic N) is 1. The molecule has 2 N–H and O–H groups in total. The second-order valence-corrected chi connectivity index (χ2v) is 4.65. The van der Waals surface area contributed by atoms with Crippen molar-refractivity contribution in [3.63, 3.8) is 0 Å². The number of carbonyl (C=O) groups excluding carboxylic acids is 2. The zero-order valence-corrected chi connectivity index (χ0v) is 11.0. The molecular weight excluding hydrogens is 244 g/mol. The number of anilines is 1. The Morgan fingerprint density at radius 1 is 1.53 bits per heavy atom. The maximum absolute atomic E-state index is 11.7. The monoisotopic (exact) mass is 262 g/mol. The highest BCUT2D eigenvalue weighted by atomic mass is 16.5. The van der Waals surface area contributed by atoms with Crippen LogP contribution in [0.1, 0.15) is 18.4 Å². The molecule has 0 unspecified atom stereocenters. The van der Waals surface area contributed by atoms with Gasteiger partial charge in [-0.25, -0.2) is 0 Å². The summed E-state index contributed by atoms with van der Waals surface area (Å²) in [6.45, 7) is 0.755. The molecule has 1 heterocycles. The first kappa shape index (κ1) is 13.5. The van der Waals surface area contributed by atoms with E-state index >= 15 is 0 Å². The van der Waals surface area contributed by atoms with Crippen LogP contribution in [0.5, 0.6) is 0 Å². The summed E-state index contributed by atoms with van der Waals surface area (Å²) in [6, 6.07) is 6.91. The first-order valence-electron chi connectivity index (χ1n) is 6.34. The Morgan fingerprint density at radius 3 is 2.95 bits per heavy atom. The molecule has 102 valence electrons. The summed E-state index contributed by atoms with van der Waals surface area (Å²) in [5.41, 5.74) is 7.53. The van der Waals surface area contributed by atoms with E-state index in [9.17, 15) is 9.59 Å². The molecule has 0 aliphatic carbocycles. The highest BCUT2D eigenvalue weighted by Crippen LogP contribution is 2.22. The van der Waals surface area contributed by atoms with E-state index in [4.69, 9.17) is 5.73 Å². The summed E-state index contributed by atoms with van der Waals surface area (Å²) in [5.74, 6) is -0.280. The van der Waals surface area contributed by atoms with Crippen molar-refractivity contribution in [1.82, 2.24) is 0 Å². The van der Waals surface area contributed by atoms with Gasteiger partial charge in [0.05, 0.1) is 7.11 Å². The Balaban J connectivity index is 2.11. The average Bonchev–Trinajstić information content (AvgIpc) is 2.84. The van der Waals surface area contributed by atoms with Gasteiger partial charge in [0.25, 0.3) is 0 Å². The Morgan fingerprint density at radius 2 is 2.32 bits per heavy atom. The summed E-state index contributed by atoms with van der Waals surface area (Å²) in [5, 5.41) is 0. The van der Waals surface area contributed by atoms with Gasteiger partial charge in [0, 0.05) is 18.7 Å². The Kier molecular flexibility index (Phi) is 4.16. The Hall–Kier alpha value is -1.88. The number of methoxy groups -OCH3 is 1. The molecule has 0 bridgehead atoms. The largest absolute Gasteiger partial charge is 0.468 e. The summed E-state index contributed by atoms with van der Waals surface area (Å²) in [6.07, 6.45) is 1.90. The van der Waals surface area contributed by atoms with Crippen molar-refractivity contribution in [2.24, 2.45) is 5.73 Å². The molecule has 5 heteroatoms. The number of ether oxygens (including phenoxy) is 1. The number of esters is 1. The minimum Gasteiger partial charge on any atom is -0.468 e. The van der Waals surface area contributed by atoms with E-state index < -0.39 is 12.0 Å². The van der Waals surface area contributed by atoms with Gasteiger partial charge in [-0.2, -0.15) is 0 Å². The quantitative estimate of drug-likeness (QED) is 0.817. The van der Waals surface area contributed by atoms with Crippen molar-refractivity contribution in [3.8, 4) is 0 Å². The number of rotatable bonds is 4. The lowest BCUT2D eigenvalue weighted by Gasteiger charge is -2.17. The maximum Gasteiger partial charge on any atom is 0.322 e. The lowest BCUT2D eigenvalue weighted by molar-refractivity contribution is -0.142. The summed E-state index contributed by atoms with van der Waals surface area (Å²) in [4.78, 5) is 24.8. The third-order valence-electron chi connectivity index (χ3n) is 3.26. The number of amides is 1. The predicted octanol–water partition coefficient (Wildman–Crippen LogP) is 0.856. The fourth-order valence-electron chi connectivity index (χ4n) is 2.26. The molecule has 19 heavy (non-hydrogen) atoms. The zero-order chi connectivity index (χ0) is 13.8. The van der Waals surface area contributed by atoms with Crippen molar-refractivity contribution in [2.75, 3.05) is 18.6 Å². The zero-order valence-electron chi connectivity index (χ0n) is 11.0. The smallest absolute Gasteiger partial charge is 0.322 e. The number of nitrogens with two attached hydrogens (primary N) is 1. The van der Waals surface area contributed by atoms with Crippen LogP contribution in [0, 0.1) is 0 Å². The maximum atomic E-state index is 11.7. The van der Waals surface area contributed by atoms with E-state index in [0.29, 0.717) is 12.8 Å². The predicted molar refractivity (Wildman–Crippen MR) is 71.7 cm³/mol. The molecule has 1 amide bonds. The lowest BCUT2D eigenvalue weighted by atomic mass is 10.1. The molecule has 1 aliphatic heterocycles. The fourth-order valence-corrected chi connectivity index (χ4v) is 2.26. The minimum atomic E-state index is -0.672. The van der Waals surface area contributed by atoms with E-state index in [1.54, 1.807) is 4.90 Å². The van der Waals surface area contributed by atoms with Gasteiger partial charge in [-0.05, 0) is 30.5 Å². The molecule has 1 aromatic carbocycles. The van der Waals surface area contributed by atoms with Crippen LogP contribution in [-0.2, 0) is 20.7 Å². The molecule has 1 aliphatic rings. The molecule has 1 fully saturated rings. The van der Waals surface area contributed by atoms with Crippen LogP contribution in [0.15, 0.2) is 24.3 Å². The topological polar surface area (TPSA) is 72.6 Å². The van der Waals surface area contributed by atoms with Gasteiger partial charge in [-0.3, -0.25) is 9.59 Å². The van der Waals surface area contributed by atoms with Crippen LogP contribution in [-0.4, -0.2) is 31.6 Å². The number of carbonyl (C=O) groups is 2. The number of hydrogen-bond acceptors (Lipinski definition) is 4. The van der Waals surface area contributed by atoms with Crippen molar-refractivity contribution in [1.29, 1.82) is 0 Å². The van der Waals surface area contributed by atoms with E-state index in [1.165, 1.54) is 7.11 Å². The van der Waals surface area contributed by atoms with Crippen LogP contribution in [0.4, 0.5) is 5.69 Å². The second-order valence-electron chi connectivity index (χ2n) is 4.65. The van der Waals surface area contributed by atoms with Gasteiger partial charge >= 0.3 is 5.97 Å². The van der Waals surface area contributed by atoms with E-state index in [1.807, 2.05) is 24.3 Å². The molecule has 1 atom stereocenters. The standard InChI is InChI=1S/C14H18N2O3/c1-19-14(18)12(15)9-10-4-2-5-11(8-10)16-7-3-6-13(16)17/h2,4-5,8,12H,3,6-7,9,15H2,1H3/t12-/m1/s1. The van der Waals surface area contributed by atoms with Crippen molar-refractivity contribution in [2.45, 2.75) is 25.3 Å². The van der Waals surface area contributed by atoms with E-state index in [-0.39, 0.29) is 5.91 Å². The SMILES string of the molecule is COC(=O)[C@H](N)Cc1cccc(N2CCCC2=O)c1. The summed E-state index contributed by atoms with van der Waals surface area (Å²) in [7, 11) is 1.32. The van der Waals surface area contributed by atoms with Crippen molar-refractivity contribution >= 4 is 17.6 Å². The van der Waals surface area contributed by atoms with Crippen LogP contribution < -0.4 is 10.6 Å². The van der Waals surface area contributed by atoms with Crippen molar-refractivity contribution < 1.29 is 14.3 Å². The Bertz CT molecular complexity index is 487. The third-order valence-corrected chi connectivity index (χ3v) is 3.26. The normalized spacial score (nSPS) is 16.5. The fraction of sp³-hybridized carbons (Fsp3) is 0.429. The number of hydrogen-bond donors (Lipinski definition) is 1.